The molecule has 0 bridgehead atoms. The van der Waals surface area contributed by atoms with Crippen LogP contribution >= 0.6 is 0 Å². The molecule has 0 aliphatic rings. The molecule has 4 aromatic rings. The zero-order chi connectivity index (χ0) is 22.0. The minimum Gasteiger partial charge on any atom is -0.454 e. The molecule has 4 rings (SSSR count). The maximum Gasteiger partial charge on any atom is 0.338 e. The molecule has 156 valence electrons. The first-order valence-corrected chi connectivity index (χ1v) is 9.63. The normalized spacial score (nSPS) is 10.8. The minimum atomic E-state index is -0.519. The molecule has 0 fully saturated rings. The molecule has 0 radical (unpaired) electrons. The average molecular weight is 415 g/mol. The molecule has 0 saturated heterocycles. The van der Waals surface area contributed by atoms with Gasteiger partial charge in [0, 0.05) is 5.69 Å². The number of nitrogens with zero attached hydrogens (tertiary/aromatic N) is 5. The molecule has 2 heterocycles. The fraction of sp³-hybridized carbons (Fsp3) is 0.182. The Morgan fingerprint density at radius 1 is 0.903 bits per heavy atom. The van der Waals surface area contributed by atoms with Gasteiger partial charge >= 0.3 is 5.97 Å². The molecule has 0 aliphatic heterocycles. The number of benzene rings is 2. The Bertz CT molecular complexity index is 1270. The molecule has 0 spiro atoms. The summed E-state index contributed by atoms with van der Waals surface area (Å²) < 4.78 is 5.37. The van der Waals surface area contributed by atoms with Crippen LogP contribution in [0.5, 0.6) is 0 Å². The van der Waals surface area contributed by atoms with Crippen LogP contribution in [0.1, 0.15) is 33.1 Å². The lowest BCUT2D eigenvalue weighted by Crippen LogP contribution is -2.11. The van der Waals surface area contributed by atoms with Gasteiger partial charge in [0.05, 0.1) is 28.0 Å². The zero-order valence-electron chi connectivity index (χ0n) is 17.4. The van der Waals surface area contributed by atoms with Crippen molar-refractivity contribution in [3.05, 3.63) is 70.8 Å². The predicted octanol–water partition coefficient (Wildman–Crippen LogP) is 3.42. The molecule has 9 heteroatoms. The highest BCUT2D eigenvalue weighted by atomic mass is 16.5. The van der Waals surface area contributed by atoms with E-state index in [1.54, 1.807) is 18.2 Å². The molecule has 0 unspecified atom stereocenters. The zero-order valence-corrected chi connectivity index (χ0v) is 17.4. The Balaban J connectivity index is 1.47. The number of nitrogens with two attached hydrogens (primary N) is 1. The van der Waals surface area contributed by atoms with Crippen LogP contribution in [0, 0.1) is 20.8 Å². The first-order chi connectivity index (χ1) is 14.9. The third-order valence-corrected chi connectivity index (χ3v) is 4.65. The number of aryl methyl sites for hydroxylation is 3. The number of anilines is 3. The summed E-state index contributed by atoms with van der Waals surface area (Å²) >= 11 is 0. The number of aromatic nitrogens is 5. The fourth-order valence-corrected chi connectivity index (χ4v) is 2.90. The van der Waals surface area contributed by atoms with Crippen molar-refractivity contribution in [3.63, 3.8) is 0 Å². The van der Waals surface area contributed by atoms with E-state index in [0.29, 0.717) is 11.1 Å². The van der Waals surface area contributed by atoms with Crippen molar-refractivity contribution < 1.29 is 9.53 Å². The number of carbonyl (C=O) groups is 1. The van der Waals surface area contributed by atoms with Gasteiger partial charge in [0.1, 0.15) is 0 Å². The summed E-state index contributed by atoms with van der Waals surface area (Å²) in [6.07, 6.45) is 0. The molecule has 31 heavy (non-hydrogen) atoms. The molecule has 0 atom stereocenters. The van der Waals surface area contributed by atoms with Crippen molar-refractivity contribution in [1.82, 2.24) is 24.9 Å². The first kappa shape index (κ1) is 20.1. The Morgan fingerprint density at radius 3 is 2.35 bits per heavy atom. The van der Waals surface area contributed by atoms with Crippen LogP contribution in [0.2, 0.25) is 0 Å². The second-order valence-corrected chi connectivity index (χ2v) is 7.10. The van der Waals surface area contributed by atoms with Gasteiger partial charge in [-0.05, 0) is 51.1 Å². The molecular weight excluding hydrogens is 394 g/mol. The van der Waals surface area contributed by atoms with Crippen molar-refractivity contribution in [2.24, 2.45) is 0 Å². The molecule has 3 N–H and O–H groups in total. The summed E-state index contributed by atoms with van der Waals surface area (Å²) in [6, 6.07) is 12.8. The summed E-state index contributed by atoms with van der Waals surface area (Å²) in [5.41, 5.74) is 11.1. The highest BCUT2D eigenvalue weighted by molar-refractivity contribution is 5.93. The lowest BCUT2D eigenvalue weighted by molar-refractivity contribution is 0.0462. The van der Waals surface area contributed by atoms with Crippen LogP contribution in [-0.4, -0.2) is 30.9 Å². The number of carbonyl (C=O) groups excluding carboxylic acids is 1. The van der Waals surface area contributed by atoms with Crippen molar-refractivity contribution in [1.29, 1.82) is 0 Å². The maximum absolute atomic E-state index is 12.5. The molecular formula is C22H21N7O2. The monoisotopic (exact) mass is 415 g/mol. The molecule has 0 saturated carbocycles. The van der Waals surface area contributed by atoms with Crippen LogP contribution < -0.4 is 11.1 Å². The number of hydrogen-bond donors (Lipinski definition) is 2. The number of hydrogen-bond acceptors (Lipinski definition) is 9. The van der Waals surface area contributed by atoms with Gasteiger partial charge < -0.3 is 15.8 Å². The van der Waals surface area contributed by atoms with Gasteiger partial charge in [-0.1, -0.05) is 17.7 Å². The molecule has 2 aromatic carbocycles. The minimum absolute atomic E-state index is 0.0301. The van der Waals surface area contributed by atoms with Crippen LogP contribution in [0.25, 0.3) is 11.0 Å². The van der Waals surface area contributed by atoms with E-state index in [0.717, 1.165) is 28.2 Å². The van der Waals surface area contributed by atoms with E-state index >= 15 is 0 Å². The SMILES string of the molecule is Cc1ccc(Nc2nc(N)nc(COC(=O)c3ccc4nc(C)c(C)nc4c3)n2)cc1. The average Bonchev–Trinajstić information content (AvgIpc) is 2.74. The Kier molecular flexibility index (Phi) is 5.40. The summed E-state index contributed by atoms with van der Waals surface area (Å²) in [5, 5.41) is 3.06. The lowest BCUT2D eigenvalue weighted by Gasteiger charge is -2.09. The summed E-state index contributed by atoms with van der Waals surface area (Å²) in [4.78, 5) is 33.9. The highest BCUT2D eigenvalue weighted by Crippen LogP contribution is 2.17. The quantitative estimate of drug-likeness (QED) is 0.471. The Hall–Kier alpha value is -4.14. The van der Waals surface area contributed by atoms with Gasteiger partial charge in [0.2, 0.25) is 11.9 Å². The van der Waals surface area contributed by atoms with Gasteiger partial charge in [-0.15, -0.1) is 0 Å². The number of rotatable bonds is 5. The number of nitrogens with one attached hydrogen (secondary N) is 1. The van der Waals surface area contributed by atoms with Gasteiger partial charge in [-0.2, -0.15) is 15.0 Å². The van der Waals surface area contributed by atoms with E-state index in [4.69, 9.17) is 10.5 Å². The van der Waals surface area contributed by atoms with Crippen molar-refractivity contribution in [2.75, 3.05) is 11.1 Å². The first-order valence-electron chi connectivity index (χ1n) is 9.63. The van der Waals surface area contributed by atoms with E-state index in [1.807, 2.05) is 45.0 Å². The second kappa shape index (κ2) is 8.31. The third-order valence-electron chi connectivity index (χ3n) is 4.65. The van der Waals surface area contributed by atoms with E-state index < -0.39 is 5.97 Å². The smallest absolute Gasteiger partial charge is 0.338 e. The maximum atomic E-state index is 12.5. The number of fused-ring (bicyclic) bond motifs is 1. The summed E-state index contributed by atoms with van der Waals surface area (Å²) in [7, 11) is 0. The number of ether oxygens (including phenoxy) is 1. The third kappa shape index (κ3) is 4.72. The van der Waals surface area contributed by atoms with Gasteiger partial charge in [0.15, 0.2) is 12.4 Å². The van der Waals surface area contributed by atoms with E-state index in [1.165, 1.54) is 0 Å². The van der Waals surface area contributed by atoms with Gasteiger partial charge in [0.25, 0.3) is 0 Å². The van der Waals surface area contributed by atoms with Crippen LogP contribution in [0.15, 0.2) is 42.5 Å². The van der Waals surface area contributed by atoms with E-state index in [2.05, 4.69) is 30.2 Å². The molecule has 0 aliphatic carbocycles. The van der Waals surface area contributed by atoms with Gasteiger partial charge in [-0.25, -0.2) is 14.8 Å². The topological polar surface area (TPSA) is 129 Å². The van der Waals surface area contributed by atoms with Crippen molar-refractivity contribution in [3.8, 4) is 0 Å². The van der Waals surface area contributed by atoms with Crippen molar-refractivity contribution in [2.45, 2.75) is 27.4 Å². The molecule has 2 aromatic heterocycles. The molecule has 0 amide bonds. The molecule has 9 nitrogen and oxygen atoms in total. The van der Waals surface area contributed by atoms with Crippen LogP contribution in [0.3, 0.4) is 0 Å². The Morgan fingerprint density at radius 2 is 1.61 bits per heavy atom. The van der Waals surface area contributed by atoms with Gasteiger partial charge in [-0.3, -0.25) is 0 Å². The standard InChI is InChI=1S/C22H21N7O2/c1-12-4-7-16(8-5-12)26-22-28-19(27-21(23)29-22)11-31-20(30)15-6-9-17-18(10-15)25-14(3)13(2)24-17/h4-10H,11H2,1-3H3,(H3,23,26,27,28,29). The number of esters is 1. The van der Waals surface area contributed by atoms with Crippen LogP contribution in [0.4, 0.5) is 17.6 Å². The van der Waals surface area contributed by atoms with Crippen LogP contribution in [-0.2, 0) is 11.3 Å². The Labute approximate surface area is 178 Å². The lowest BCUT2D eigenvalue weighted by atomic mass is 10.2. The summed E-state index contributed by atoms with van der Waals surface area (Å²) in [6.45, 7) is 5.62. The van der Waals surface area contributed by atoms with Crippen molar-refractivity contribution >= 4 is 34.6 Å². The largest absolute Gasteiger partial charge is 0.454 e. The second-order valence-electron chi connectivity index (χ2n) is 7.10. The van der Waals surface area contributed by atoms with E-state index in [9.17, 15) is 4.79 Å². The fourth-order valence-electron chi connectivity index (χ4n) is 2.90. The predicted molar refractivity (Wildman–Crippen MR) is 117 cm³/mol. The number of nitrogen functional groups attached to an aromatic ring is 1. The van der Waals surface area contributed by atoms with E-state index in [-0.39, 0.29) is 24.3 Å². The highest BCUT2D eigenvalue weighted by Gasteiger charge is 2.12. The summed E-state index contributed by atoms with van der Waals surface area (Å²) in [5.74, 6) is 0.0215.